The molecule has 0 aliphatic heterocycles. The monoisotopic (exact) mass is 456 g/mol. The van der Waals surface area contributed by atoms with E-state index < -0.39 is 26.1 Å². The van der Waals surface area contributed by atoms with Crippen LogP contribution in [0.3, 0.4) is 0 Å². The molecule has 0 atom stereocenters. The standard InChI is InChI=1S/C19H15F3N2O4S2/c1-28-16-8-7-14(30(26,27)19(20,21)22)10-15(16)24-17(25)9-13-11-29-18(23-13)12-5-3-2-4-6-12/h2-8,10-11H,9H2,1H3,(H,24,25). The maximum atomic E-state index is 12.8. The van der Waals surface area contributed by atoms with E-state index in [0.717, 1.165) is 23.8 Å². The summed E-state index contributed by atoms with van der Waals surface area (Å²) in [6, 6.07) is 11.9. The lowest BCUT2D eigenvalue weighted by molar-refractivity contribution is -0.115. The molecule has 158 valence electrons. The molecule has 0 aliphatic carbocycles. The van der Waals surface area contributed by atoms with E-state index in [4.69, 9.17) is 4.74 Å². The lowest BCUT2D eigenvalue weighted by Crippen LogP contribution is -2.23. The summed E-state index contributed by atoms with van der Waals surface area (Å²) in [7, 11) is -4.32. The van der Waals surface area contributed by atoms with Crippen LogP contribution < -0.4 is 10.1 Å². The van der Waals surface area contributed by atoms with Crippen molar-refractivity contribution in [2.45, 2.75) is 16.8 Å². The molecule has 0 fully saturated rings. The number of methoxy groups -OCH3 is 1. The molecule has 0 unspecified atom stereocenters. The van der Waals surface area contributed by atoms with Crippen LogP contribution in [0.1, 0.15) is 5.69 Å². The van der Waals surface area contributed by atoms with Crippen molar-refractivity contribution in [3.05, 3.63) is 59.6 Å². The summed E-state index contributed by atoms with van der Waals surface area (Å²) >= 11 is 1.35. The molecule has 1 amide bonds. The lowest BCUT2D eigenvalue weighted by Gasteiger charge is -2.13. The van der Waals surface area contributed by atoms with Gasteiger partial charge in [0.2, 0.25) is 5.91 Å². The minimum absolute atomic E-state index is 0.0210. The van der Waals surface area contributed by atoms with Crippen molar-refractivity contribution in [2.75, 3.05) is 12.4 Å². The van der Waals surface area contributed by atoms with E-state index in [1.54, 1.807) is 5.38 Å². The quantitative estimate of drug-likeness (QED) is 0.598. The highest BCUT2D eigenvalue weighted by atomic mass is 32.2. The Balaban J connectivity index is 1.80. The van der Waals surface area contributed by atoms with E-state index in [2.05, 4.69) is 10.3 Å². The Morgan fingerprint density at radius 3 is 2.50 bits per heavy atom. The van der Waals surface area contributed by atoms with Gasteiger partial charge in [0.1, 0.15) is 10.8 Å². The number of hydrogen-bond donors (Lipinski definition) is 1. The SMILES string of the molecule is COc1ccc(S(=O)(=O)C(F)(F)F)cc1NC(=O)Cc1csc(-c2ccccc2)n1. The number of rotatable bonds is 6. The number of carbonyl (C=O) groups is 1. The highest BCUT2D eigenvalue weighted by Crippen LogP contribution is 2.34. The summed E-state index contributed by atoms with van der Waals surface area (Å²) in [5.41, 5.74) is -4.29. The Hall–Kier alpha value is -2.92. The molecule has 0 saturated heterocycles. The predicted molar refractivity (Wildman–Crippen MR) is 106 cm³/mol. The zero-order valence-corrected chi connectivity index (χ0v) is 17.1. The molecule has 1 N–H and O–H groups in total. The molecule has 0 radical (unpaired) electrons. The van der Waals surface area contributed by atoms with E-state index in [1.165, 1.54) is 18.4 Å². The summed E-state index contributed by atoms with van der Waals surface area (Å²) < 4.78 is 66.7. The minimum Gasteiger partial charge on any atom is -0.495 e. The first-order chi connectivity index (χ1) is 14.1. The van der Waals surface area contributed by atoms with Gasteiger partial charge in [-0.2, -0.15) is 13.2 Å². The third-order valence-corrected chi connectivity index (χ3v) is 6.40. The number of nitrogens with one attached hydrogen (secondary N) is 1. The van der Waals surface area contributed by atoms with Crippen LogP contribution in [0, 0.1) is 0 Å². The van der Waals surface area contributed by atoms with Crippen LogP contribution in [-0.2, 0) is 21.1 Å². The molecule has 11 heteroatoms. The highest BCUT2D eigenvalue weighted by Gasteiger charge is 2.47. The maximum absolute atomic E-state index is 12.8. The average molecular weight is 456 g/mol. The molecule has 2 aromatic carbocycles. The number of carbonyl (C=O) groups excluding carboxylic acids is 1. The third-order valence-electron chi connectivity index (χ3n) is 3.97. The van der Waals surface area contributed by atoms with Crippen molar-refractivity contribution < 1.29 is 31.1 Å². The van der Waals surface area contributed by atoms with Crippen LogP contribution >= 0.6 is 11.3 Å². The van der Waals surface area contributed by atoms with Crippen LogP contribution in [0.5, 0.6) is 5.75 Å². The number of hydrogen-bond acceptors (Lipinski definition) is 6. The summed E-state index contributed by atoms with van der Waals surface area (Å²) in [5.74, 6) is -0.563. The maximum Gasteiger partial charge on any atom is 0.501 e. The van der Waals surface area contributed by atoms with Crippen molar-refractivity contribution in [1.29, 1.82) is 0 Å². The van der Waals surface area contributed by atoms with Crippen molar-refractivity contribution in [3.8, 4) is 16.3 Å². The zero-order chi connectivity index (χ0) is 21.9. The van der Waals surface area contributed by atoms with Crippen molar-refractivity contribution in [1.82, 2.24) is 4.98 Å². The molecule has 1 aromatic heterocycles. The first-order valence-corrected chi connectivity index (χ1v) is 10.8. The van der Waals surface area contributed by atoms with Gasteiger partial charge in [-0.15, -0.1) is 11.3 Å². The lowest BCUT2D eigenvalue weighted by atomic mass is 10.2. The fourth-order valence-electron chi connectivity index (χ4n) is 2.55. The Bertz CT molecular complexity index is 1160. The fraction of sp³-hybridized carbons (Fsp3) is 0.158. The van der Waals surface area contributed by atoms with Gasteiger partial charge in [-0.25, -0.2) is 13.4 Å². The van der Waals surface area contributed by atoms with Gasteiger partial charge < -0.3 is 10.1 Å². The number of benzene rings is 2. The van der Waals surface area contributed by atoms with Gasteiger partial charge in [-0.05, 0) is 18.2 Å². The molecule has 0 bridgehead atoms. The van der Waals surface area contributed by atoms with Gasteiger partial charge in [0, 0.05) is 10.9 Å². The molecule has 1 heterocycles. The second-order valence-corrected chi connectivity index (χ2v) is 8.85. The molecule has 3 rings (SSSR count). The topological polar surface area (TPSA) is 85.4 Å². The number of halogens is 3. The van der Waals surface area contributed by atoms with Crippen molar-refractivity contribution >= 4 is 32.8 Å². The molecule has 30 heavy (non-hydrogen) atoms. The highest BCUT2D eigenvalue weighted by molar-refractivity contribution is 7.92. The predicted octanol–water partition coefficient (Wildman–Crippen LogP) is 4.29. The number of anilines is 1. The zero-order valence-electron chi connectivity index (χ0n) is 15.4. The van der Waals surface area contributed by atoms with Gasteiger partial charge >= 0.3 is 5.51 Å². The van der Waals surface area contributed by atoms with Crippen molar-refractivity contribution in [3.63, 3.8) is 0 Å². The van der Waals surface area contributed by atoms with E-state index >= 15 is 0 Å². The Morgan fingerprint density at radius 1 is 1.17 bits per heavy atom. The molecule has 0 saturated carbocycles. The van der Waals surface area contributed by atoms with Gasteiger partial charge in [-0.3, -0.25) is 4.79 Å². The summed E-state index contributed by atoms with van der Waals surface area (Å²) in [6.45, 7) is 0. The second-order valence-electron chi connectivity index (χ2n) is 6.05. The fourth-order valence-corrected chi connectivity index (χ4v) is 4.16. The smallest absolute Gasteiger partial charge is 0.495 e. The van der Waals surface area contributed by atoms with Gasteiger partial charge in [0.25, 0.3) is 9.84 Å². The number of amides is 1. The molecular weight excluding hydrogens is 441 g/mol. The van der Waals surface area contributed by atoms with Gasteiger partial charge in [0.05, 0.1) is 29.8 Å². The van der Waals surface area contributed by atoms with E-state index in [0.29, 0.717) is 10.7 Å². The van der Waals surface area contributed by atoms with E-state index in [1.807, 2.05) is 30.3 Å². The van der Waals surface area contributed by atoms with Crippen LogP contribution in [-0.4, -0.2) is 31.9 Å². The van der Waals surface area contributed by atoms with Crippen LogP contribution in [0.15, 0.2) is 58.8 Å². The first-order valence-electron chi connectivity index (χ1n) is 8.41. The number of sulfone groups is 1. The number of nitrogens with zero attached hydrogens (tertiary/aromatic N) is 1. The summed E-state index contributed by atoms with van der Waals surface area (Å²) in [6.07, 6.45) is -0.150. The van der Waals surface area contributed by atoms with E-state index in [-0.39, 0.29) is 17.9 Å². The van der Waals surface area contributed by atoms with Crippen LogP contribution in [0.4, 0.5) is 18.9 Å². The van der Waals surface area contributed by atoms with Gasteiger partial charge in [-0.1, -0.05) is 30.3 Å². The number of ether oxygens (including phenoxy) is 1. The van der Waals surface area contributed by atoms with Crippen LogP contribution in [0.2, 0.25) is 0 Å². The normalized spacial score (nSPS) is 11.9. The van der Waals surface area contributed by atoms with Crippen molar-refractivity contribution in [2.24, 2.45) is 0 Å². The molecule has 6 nitrogen and oxygen atoms in total. The molecule has 0 aliphatic rings. The summed E-state index contributed by atoms with van der Waals surface area (Å²) in [5, 5.41) is 4.81. The van der Waals surface area contributed by atoms with Crippen LogP contribution in [0.25, 0.3) is 10.6 Å². The molecular formula is C19H15F3N2O4S2. The van der Waals surface area contributed by atoms with Gasteiger partial charge in [0.15, 0.2) is 0 Å². The Labute approximate surface area is 174 Å². The van der Waals surface area contributed by atoms with E-state index in [9.17, 15) is 26.4 Å². The molecule has 3 aromatic rings. The third kappa shape index (κ3) is 4.62. The average Bonchev–Trinajstić information content (AvgIpc) is 3.16. The molecule has 0 spiro atoms. The summed E-state index contributed by atoms with van der Waals surface area (Å²) in [4.78, 5) is 15.8. The number of aromatic nitrogens is 1. The second kappa shape index (κ2) is 8.44. The first kappa shape index (κ1) is 21.8. The Kier molecular flexibility index (Phi) is 6.13. The number of thiazole rings is 1. The largest absolute Gasteiger partial charge is 0.501 e. The number of alkyl halides is 3. The Morgan fingerprint density at radius 2 is 1.87 bits per heavy atom. The minimum atomic E-state index is -5.56.